The topological polar surface area (TPSA) is 46.5 Å². The molecule has 0 fully saturated rings. The minimum absolute atomic E-state index is 0.0554. The van der Waals surface area contributed by atoms with Crippen molar-refractivity contribution in [2.45, 2.75) is 13.0 Å². The molecular weight excluding hydrogens is 192 g/mol. The molecular formula is C12H16O3. The van der Waals surface area contributed by atoms with Crippen molar-refractivity contribution in [2.24, 2.45) is 5.92 Å². The van der Waals surface area contributed by atoms with Gasteiger partial charge in [-0.3, -0.25) is 4.79 Å². The Morgan fingerprint density at radius 3 is 2.53 bits per heavy atom. The first kappa shape index (κ1) is 11.9. The van der Waals surface area contributed by atoms with Gasteiger partial charge in [-0.2, -0.15) is 0 Å². The van der Waals surface area contributed by atoms with E-state index in [-0.39, 0.29) is 12.4 Å². The molecule has 0 spiro atoms. The number of ketones is 1. The molecule has 0 radical (unpaired) electrons. The summed E-state index contributed by atoms with van der Waals surface area (Å²) in [7, 11) is 1.50. The second-order valence-corrected chi connectivity index (χ2v) is 3.54. The summed E-state index contributed by atoms with van der Waals surface area (Å²) in [5.74, 6) is -0.493. The highest BCUT2D eigenvalue weighted by atomic mass is 16.5. The summed E-state index contributed by atoms with van der Waals surface area (Å²) in [5.41, 5.74) is 0.625. The molecule has 3 heteroatoms. The molecule has 0 aromatic heterocycles. The molecule has 1 aromatic carbocycles. The smallest absolute Gasteiger partial charge is 0.168 e. The van der Waals surface area contributed by atoms with Crippen LogP contribution in [0.25, 0.3) is 0 Å². The van der Waals surface area contributed by atoms with Crippen molar-refractivity contribution in [3.63, 3.8) is 0 Å². The average molecular weight is 208 g/mol. The van der Waals surface area contributed by atoms with Crippen LogP contribution in [0.4, 0.5) is 0 Å². The van der Waals surface area contributed by atoms with Crippen LogP contribution in [0.5, 0.6) is 0 Å². The first-order chi connectivity index (χ1) is 7.16. The third kappa shape index (κ3) is 3.15. The van der Waals surface area contributed by atoms with Crippen LogP contribution in [0.15, 0.2) is 30.3 Å². The summed E-state index contributed by atoms with van der Waals surface area (Å²) in [6, 6.07) is 8.97. The first-order valence-corrected chi connectivity index (χ1v) is 4.93. The lowest BCUT2D eigenvalue weighted by Crippen LogP contribution is -2.29. The summed E-state index contributed by atoms with van der Waals surface area (Å²) in [6.07, 6.45) is -0.747. The average Bonchev–Trinajstić information content (AvgIpc) is 2.28. The van der Waals surface area contributed by atoms with Crippen LogP contribution in [-0.4, -0.2) is 30.7 Å². The molecule has 0 unspecified atom stereocenters. The Morgan fingerprint density at radius 1 is 1.40 bits per heavy atom. The molecule has 1 aromatic rings. The summed E-state index contributed by atoms with van der Waals surface area (Å²) in [6.45, 7) is 1.89. The zero-order chi connectivity index (χ0) is 11.3. The summed E-state index contributed by atoms with van der Waals surface area (Å²) < 4.78 is 4.81. The number of carbonyl (C=O) groups is 1. The van der Waals surface area contributed by atoms with Gasteiger partial charge in [0.1, 0.15) is 0 Å². The van der Waals surface area contributed by atoms with Gasteiger partial charge in [0.25, 0.3) is 0 Å². The van der Waals surface area contributed by atoms with E-state index in [0.29, 0.717) is 5.56 Å². The minimum Gasteiger partial charge on any atom is -0.390 e. The molecule has 0 aliphatic heterocycles. The second kappa shape index (κ2) is 5.63. The van der Waals surface area contributed by atoms with Gasteiger partial charge in [-0.25, -0.2) is 0 Å². The molecule has 15 heavy (non-hydrogen) atoms. The van der Waals surface area contributed by atoms with Crippen molar-refractivity contribution < 1.29 is 14.6 Å². The molecule has 0 amide bonds. The Morgan fingerprint density at radius 2 is 2.00 bits per heavy atom. The largest absolute Gasteiger partial charge is 0.390 e. The van der Waals surface area contributed by atoms with Crippen LogP contribution >= 0.6 is 0 Å². The van der Waals surface area contributed by atoms with Crippen molar-refractivity contribution in [3.05, 3.63) is 35.9 Å². The SMILES string of the molecule is COC[C@H](O)[C@H](C)C(=O)c1ccccc1. The van der Waals surface area contributed by atoms with E-state index in [9.17, 15) is 9.90 Å². The lowest BCUT2D eigenvalue weighted by Gasteiger charge is -2.16. The summed E-state index contributed by atoms with van der Waals surface area (Å²) in [4.78, 5) is 11.8. The maximum absolute atomic E-state index is 11.8. The zero-order valence-electron chi connectivity index (χ0n) is 9.01. The number of Topliss-reactive ketones (excluding diaryl/α,β-unsaturated/α-hetero) is 1. The number of aliphatic hydroxyl groups is 1. The number of hydrogen-bond acceptors (Lipinski definition) is 3. The molecule has 82 valence electrons. The van der Waals surface area contributed by atoms with E-state index >= 15 is 0 Å². The third-order valence-corrected chi connectivity index (χ3v) is 2.39. The van der Waals surface area contributed by atoms with E-state index in [1.165, 1.54) is 7.11 Å². The van der Waals surface area contributed by atoms with Crippen LogP contribution in [0.2, 0.25) is 0 Å². The summed E-state index contributed by atoms with van der Waals surface area (Å²) in [5, 5.41) is 9.60. The predicted molar refractivity (Wildman–Crippen MR) is 57.8 cm³/mol. The molecule has 0 heterocycles. The minimum atomic E-state index is -0.747. The molecule has 0 saturated heterocycles. The Hall–Kier alpha value is -1.19. The van der Waals surface area contributed by atoms with Gasteiger partial charge in [-0.15, -0.1) is 0 Å². The number of methoxy groups -OCH3 is 1. The number of carbonyl (C=O) groups excluding carboxylic acids is 1. The molecule has 0 bridgehead atoms. The van der Waals surface area contributed by atoms with Gasteiger partial charge in [0.05, 0.1) is 12.7 Å². The van der Waals surface area contributed by atoms with Crippen molar-refractivity contribution in [3.8, 4) is 0 Å². The lowest BCUT2D eigenvalue weighted by atomic mass is 9.95. The molecule has 1 rings (SSSR count). The van der Waals surface area contributed by atoms with Gasteiger partial charge in [0.15, 0.2) is 5.78 Å². The predicted octanol–water partition coefficient (Wildman–Crippen LogP) is 1.51. The van der Waals surface area contributed by atoms with Gasteiger partial charge in [0.2, 0.25) is 0 Å². The van der Waals surface area contributed by atoms with E-state index in [0.717, 1.165) is 0 Å². The number of hydrogen-bond donors (Lipinski definition) is 1. The summed E-state index contributed by atoms with van der Waals surface area (Å²) >= 11 is 0. The van der Waals surface area contributed by atoms with E-state index < -0.39 is 12.0 Å². The fraction of sp³-hybridized carbons (Fsp3) is 0.417. The van der Waals surface area contributed by atoms with Crippen molar-refractivity contribution in [2.75, 3.05) is 13.7 Å². The van der Waals surface area contributed by atoms with Crippen molar-refractivity contribution >= 4 is 5.78 Å². The number of rotatable bonds is 5. The van der Waals surface area contributed by atoms with Crippen LogP contribution in [0.1, 0.15) is 17.3 Å². The second-order valence-electron chi connectivity index (χ2n) is 3.54. The zero-order valence-corrected chi connectivity index (χ0v) is 9.01. The highest BCUT2D eigenvalue weighted by molar-refractivity contribution is 5.97. The van der Waals surface area contributed by atoms with Crippen molar-refractivity contribution in [1.29, 1.82) is 0 Å². The van der Waals surface area contributed by atoms with Gasteiger partial charge in [0, 0.05) is 18.6 Å². The number of benzene rings is 1. The van der Waals surface area contributed by atoms with Gasteiger partial charge >= 0.3 is 0 Å². The van der Waals surface area contributed by atoms with E-state index in [1.807, 2.05) is 18.2 Å². The third-order valence-electron chi connectivity index (χ3n) is 2.39. The van der Waals surface area contributed by atoms with Gasteiger partial charge in [-0.1, -0.05) is 37.3 Å². The molecule has 3 nitrogen and oxygen atoms in total. The Balaban J connectivity index is 2.69. The molecule has 2 atom stereocenters. The quantitative estimate of drug-likeness (QED) is 0.746. The van der Waals surface area contributed by atoms with Gasteiger partial charge < -0.3 is 9.84 Å². The fourth-order valence-corrected chi connectivity index (χ4v) is 1.36. The van der Waals surface area contributed by atoms with Crippen LogP contribution < -0.4 is 0 Å². The van der Waals surface area contributed by atoms with Crippen molar-refractivity contribution in [1.82, 2.24) is 0 Å². The Kier molecular flexibility index (Phi) is 4.46. The van der Waals surface area contributed by atoms with Gasteiger partial charge in [-0.05, 0) is 0 Å². The fourth-order valence-electron chi connectivity index (χ4n) is 1.36. The first-order valence-electron chi connectivity index (χ1n) is 4.93. The molecule has 1 N–H and O–H groups in total. The van der Waals surface area contributed by atoms with Crippen LogP contribution in [-0.2, 0) is 4.74 Å². The standard InChI is InChI=1S/C12H16O3/c1-9(11(13)8-15-2)12(14)10-6-4-3-5-7-10/h3-7,9,11,13H,8H2,1-2H3/t9-,11-/m0/s1. The van der Waals surface area contributed by atoms with E-state index in [2.05, 4.69) is 0 Å². The highest BCUT2D eigenvalue weighted by Gasteiger charge is 2.22. The van der Waals surface area contributed by atoms with E-state index in [4.69, 9.17) is 4.74 Å². The molecule has 0 saturated carbocycles. The normalized spacial score (nSPS) is 14.6. The molecule has 0 aliphatic carbocycles. The Labute approximate surface area is 89.7 Å². The lowest BCUT2D eigenvalue weighted by molar-refractivity contribution is 0.0294. The van der Waals surface area contributed by atoms with Crippen LogP contribution in [0.3, 0.4) is 0 Å². The van der Waals surface area contributed by atoms with E-state index in [1.54, 1.807) is 19.1 Å². The monoisotopic (exact) mass is 208 g/mol. The number of ether oxygens (including phenoxy) is 1. The number of aliphatic hydroxyl groups excluding tert-OH is 1. The highest BCUT2D eigenvalue weighted by Crippen LogP contribution is 2.12. The molecule has 0 aliphatic rings. The Bertz CT molecular complexity index is 308. The maximum atomic E-state index is 11.8. The maximum Gasteiger partial charge on any atom is 0.168 e. The van der Waals surface area contributed by atoms with Crippen LogP contribution in [0, 0.1) is 5.92 Å².